The summed E-state index contributed by atoms with van der Waals surface area (Å²) in [5.74, 6) is -0.201. The lowest BCUT2D eigenvalue weighted by molar-refractivity contribution is 0.289. The van der Waals surface area contributed by atoms with Gasteiger partial charge in [0.2, 0.25) is 0 Å². The molecule has 1 heterocycles. The van der Waals surface area contributed by atoms with Gasteiger partial charge in [-0.2, -0.15) is 0 Å². The van der Waals surface area contributed by atoms with Crippen LogP contribution in [0, 0.1) is 5.82 Å². The Kier molecular flexibility index (Phi) is 5.37. The molecule has 0 saturated carbocycles. The zero-order chi connectivity index (χ0) is 13.8. The van der Waals surface area contributed by atoms with Crippen LogP contribution in [0.5, 0.6) is 0 Å². The third-order valence-electron chi connectivity index (χ3n) is 3.69. The fourth-order valence-electron chi connectivity index (χ4n) is 2.77. The van der Waals surface area contributed by atoms with Gasteiger partial charge in [0.25, 0.3) is 0 Å². The van der Waals surface area contributed by atoms with E-state index in [0.29, 0.717) is 6.04 Å². The van der Waals surface area contributed by atoms with Crippen LogP contribution in [0.15, 0.2) is 22.7 Å². The molecule has 4 heteroatoms. The molecule has 0 bridgehead atoms. The highest BCUT2D eigenvalue weighted by Crippen LogP contribution is 2.24. The number of hydrogen-bond donors (Lipinski definition) is 1. The Morgan fingerprint density at radius 3 is 2.63 bits per heavy atom. The highest BCUT2D eigenvalue weighted by molar-refractivity contribution is 9.10. The number of halogens is 2. The van der Waals surface area contributed by atoms with Crippen LogP contribution in [-0.2, 0) is 0 Å². The van der Waals surface area contributed by atoms with Crippen molar-refractivity contribution in [3.8, 4) is 0 Å². The largest absolute Gasteiger partial charge is 0.306 e. The zero-order valence-corrected chi connectivity index (χ0v) is 13.2. The number of hydrogen-bond acceptors (Lipinski definition) is 2. The molecule has 1 aromatic carbocycles. The van der Waals surface area contributed by atoms with E-state index < -0.39 is 0 Å². The first-order valence-electron chi connectivity index (χ1n) is 6.99. The quantitative estimate of drug-likeness (QED) is 0.886. The number of benzene rings is 1. The molecule has 0 radical (unpaired) electrons. The van der Waals surface area contributed by atoms with Crippen molar-refractivity contribution in [3.05, 3.63) is 34.1 Å². The summed E-state index contributed by atoms with van der Waals surface area (Å²) in [5, 5.41) is 3.59. The lowest BCUT2D eigenvalue weighted by Crippen LogP contribution is -2.39. The highest BCUT2D eigenvalue weighted by Gasteiger charge is 2.17. The van der Waals surface area contributed by atoms with Gasteiger partial charge in [-0.3, -0.25) is 0 Å². The molecule has 19 heavy (non-hydrogen) atoms. The summed E-state index contributed by atoms with van der Waals surface area (Å²) in [6.07, 6.45) is 2.65. The number of nitrogens with one attached hydrogen (secondary N) is 1. The molecular formula is C15H22BrFN2. The van der Waals surface area contributed by atoms with Crippen molar-refractivity contribution in [1.82, 2.24) is 10.2 Å². The Hall–Kier alpha value is -0.450. The maximum atomic E-state index is 13.1. The first kappa shape index (κ1) is 14.9. The predicted octanol–water partition coefficient (Wildman–Crippen LogP) is 3.72. The molecule has 0 aliphatic carbocycles. The smallest absolute Gasteiger partial charge is 0.124 e. The first-order valence-corrected chi connectivity index (χ1v) is 7.79. The maximum absolute atomic E-state index is 13.1. The Morgan fingerprint density at radius 2 is 2.00 bits per heavy atom. The van der Waals surface area contributed by atoms with Crippen LogP contribution in [0.4, 0.5) is 4.39 Å². The van der Waals surface area contributed by atoms with Gasteiger partial charge < -0.3 is 10.2 Å². The van der Waals surface area contributed by atoms with E-state index in [2.05, 4.69) is 40.0 Å². The molecule has 106 valence electrons. The van der Waals surface area contributed by atoms with Gasteiger partial charge in [-0.15, -0.1) is 0 Å². The van der Waals surface area contributed by atoms with Crippen LogP contribution in [0.1, 0.15) is 38.3 Å². The van der Waals surface area contributed by atoms with Crippen molar-refractivity contribution in [2.24, 2.45) is 0 Å². The average molecular weight is 329 g/mol. The van der Waals surface area contributed by atoms with Gasteiger partial charge in [-0.1, -0.05) is 22.0 Å². The van der Waals surface area contributed by atoms with Crippen LogP contribution in [0.25, 0.3) is 0 Å². The van der Waals surface area contributed by atoms with Crippen molar-refractivity contribution in [2.75, 3.05) is 19.6 Å². The minimum Gasteiger partial charge on any atom is -0.306 e. The standard InChI is InChI=1S/C15H22BrFN2/c1-11(10-19-7-3-4-8-19)18-12(2)14-6-5-13(17)9-15(14)16/h5-6,9,11-12,18H,3-4,7-8,10H2,1-2H3. The number of nitrogens with zero attached hydrogens (tertiary/aromatic N) is 1. The summed E-state index contributed by atoms with van der Waals surface area (Å²) in [4.78, 5) is 2.50. The SMILES string of the molecule is CC(CN1CCCC1)NC(C)c1ccc(F)cc1Br. The van der Waals surface area contributed by atoms with Crippen LogP contribution < -0.4 is 5.32 Å². The second-order valence-electron chi connectivity index (χ2n) is 5.46. The van der Waals surface area contributed by atoms with Crippen LogP contribution in [0.2, 0.25) is 0 Å². The second-order valence-corrected chi connectivity index (χ2v) is 6.32. The van der Waals surface area contributed by atoms with E-state index in [1.165, 1.54) is 38.1 Å². The first-order chi connectivity index (χ1) is 9.06. The van der Waals surface area contributed by atoms with Gasteiger partial charge in [-0.05, 0) is 57.5 Å². The van der Waals surface area contributed by atoms with Crippen LogP contribution in [0.3, 0.4) is 0 Å². The van der Waals surface area contributed by atoms with Gasteiger partial charge in [-0.25, -0.2) is 4.39 Å². The Bertz CT molecular complexity index is 419. The summed E-state index contributed by atoms with van der Waals surface area (Å²) in [6, 6.07) is 5.54. The molecule has 2 unspecified atom stereocenters. The van der Waals surface area contributed by atoms with Crippen molar-refractivity contribution >= 4 is 15.9 Å². The molecule has 1 fully saturated rings. The van der Waals surface area contributed by atoms with Gasteiger partial charge in [0.15, 0.2) is 0 Å². The molecule has 0 aromatic heterocycles. The minimum absolute atomic E-state index is 0.201. The second kappa shape index (κ2) is 6.82. The summed E-state index contributed by atoms with van der Waals surface area (Å²) in [5.41, 5.74) is 1.11. The third kappa shape index (κ3) is 4.26. The monoisotopic (exact) mass is 328 g/mol. The van der Waals surface area contributed by atoms with Gasteiger partial charge in [0, 0.05) is 23.1 Å². The molecule has 1 aromatic rings. The van der Waals surface area contributed by atoms with E-state index in [1.807, 2.05) is 6.07 Å². The van der Waals surface area contributed by atoms with Gasteiger partial charge in [0.1, 0.15) is 5.82 Å². The van der Waals surface area contributed by atoms with Crippen molar-refractivity contribution in [3.63, 3.8) is 0 Å². The summed E-state index contributed by atoms with van der Waals surface area (Å²) in [6.45, 7) is 7.87. The molecule has 1 saturated heterocycles. The molecule has 2 nitrogen and oxygen atoms in total. The molecule has 1 aliphatic rings. The third-order valence-corrected chi connectivity index (χ3v) is 4.38. The lowest BCUT2D eigenvalue weighted by Gasteiger charge is -2.25. The maximum Gasteiger partial charge on any atom is 0.124 e. The topological polar surface area (TPSA) is 15.3 Å². The molecular weight excluding hydrogens is 307 g/mol. The molecule has 2 atom stereocenters. The number of likely N-dealkylation sites (tertiary alicyclic amines) is 1. The van der Waals surface area contributed by atoms with E-state index in [4.69, 9.17) is 0 Å². The van der Waals surface area contributed by atoms with E-state index >= 15 is 0 Å². The molecule has 0 spiro atoms. The minimum atomic E-state index is -0.201. The normalized spacial score (nSPS) is 19.6. The Labute approximate surface area is 123 Å². The van der Waals surface area contributed by atoms with E-state index in [0.717, 1.165) is 16.6 Å². The van der Waals surface area contributed by atoms with Gasteiger partial charge in [0.05, 0.1) is 0 Å². The number of rotatable bonds is 5. The Balaban J connectivity index is 1.90. The lowest BCUT2D eigenvalue weighted by atomic mass is 10.1. The molecule has 1 aliphatic heterocycles. The van der Waals surface area contributed by atoms with E-state index in [-0.39, 0.29) is 11.9 Å². The van der Waals surface area contributed by atoms with Crippen LogP contribution in [-0.4, -0.2) is 30.6 Å². The molecule has 1 N–H and O–H groups in total. The van der Waals surface area contributed by atoms with Crippen molar-refractivity contribution in [2.45, 2.75) is 38.8 Å². The fourth-order valence-corrected chi connectivity index (χ4v) is 3.47. The van der Waals surface area contributed by atoms with Crippen molar-refractivity contribution in [1.29, 1.82) is 0 Å². The Morgan fingerprint density at radius 1 is 1.32 bits per heavy atom. The summed E-state index contributed by atoms with van der Waals surface area (Å²) >= 11 is 3.44. The fraction of sp³-hybridized carbons (Fsp3) is 0.600. The van der Waals surface area contributed by atoms with Gasteiger partial charge >= 0.3 is 0 Å². The average Bonchev–Trinajstić information content (AvgIpc) is 2.81. The van der Waals surface area contributed by atoms with Crippen LogP contribution >= 0.6 is 15.9 Å². The summed E-state index contributed by atoms with van der Waals surface area (Å²) < 4.78 is 13.9. The molecule has 2 rings (SSSR count). The molecule has 0 amide bonds. The highest BCUT2D eigenvalue weighted by atomic mass is 79.9. The van der Waals surface area contributed by atoms with Crippen molar-refractivity contribution < 1.29 is 4.39 Å². The van der Waals surface area contributed by atoms with E-state index in [9.17, 15) is 4.39 Å². The predicted molar refractivity (Wildman–Crippen MR) is 80.8 cm³/mol. The van der Waals surface area contributed by atoms with E-state index in [1.54, 1.807) is 0 Å². The summed E-state index contributed by atoms with van der Waals surface area (Å²) in [7, 11) is 0. The zero-order valence-electron chi connectivity index (χ0n) is 11.6.